The van der Waals surface area contributed by atoms with Gasteiger partial charge < -0.3 is 9.42 Å². The molecule has 2 aromatic carbocycles. The molecule has 1 fully saturated rings. The first-order valence-electron chi connectivity index (χ1n) is 9.44. The van der Waals surface area contributed by atoms with Gasteiger partial charge in [-0.15, -0.1) is 0 Å². The van der Waals surface area contributed by atoms with Crippen molar-refractivity contribution < 1.29 is 13.8 Å². The molecule has 0 bridgehead atoms. The predicted molar refractivity (Wildman–Crippen MR) is 107 cm³/mol. The van der Waals surface area contributed by atoms with E-state index in [0.29, 0.717) is 12.3 Å². The zero-order valence-electron chi connectivity index (χ0n) is 16.0. The highest BCUT2D eigenvalue weighted by Crippen LogP contribution is 2.27. The molecule has 0 N–H and O–H groups in total. The van der Waals surface area contributed by atoms with Crippen LogP contribution in [0.5, 0.6) is 0 Å². The van der Waals surface area contributed by atoms with Crippen molar-refractivity contribution in [3.05, 3.63) is 75.7 Å². The van der Waals surface area contributed by atoms with E-state index in [0.717, 1.165) is 48.7 Å². The number of nitro benzene ring substituents is 1. The Balaban J connectivity index is 1.37. The van der Waals surface area contributed by atoms with Gasteiger partial charge in [-0.05, 0) is 43.3 Å². The summed E-state index contributed by atoms with van der Waals surface area (Å²) in [5.41, 5.74) is 3.76. The molecule has 2 heterocycles. The van der Waals surface area contributed by atoms with Crippen molar-refractivity contribution in [2.24, 2.45) is 0 Å². The number of aromatic nitrogens is 1. The number of non-ortho nitro benzene ring substituents is 1. The van der Waals surface area contributed by atoms with E-state index in [2.05, 4.69) is 15.0 Å². The van der Waals surface area contributed by atoms with E-state index < -0.39 is 0 Å². The molecular formula is C21H21FN4O3. The van der Waals surface area contributed by atoms with Gasteiger partial charge in [0.25, 0.3) is 5.69 Å². The molecule has 1 aliphatic rings. The number of hydrogen-bond acceptors (Lipinski definition) is 6. The highest BCUT2D eigenvalue weighted by Gasteiger charge is 2.21. The molecule has 0 unspecified atom stereocenters. The Morgan fingerprint density at radius 3 is 2.34 bits per heavy atom. The van der Waals surface area contributed by atoms with Crippen LogP contribution in [-0.4, -0.2) is 41.2 Å². The SMILES string of the molecule is Cc1c(CN2CCN(c3ccc([N+](=O)[O-])cc3)CC2)noc1-c1ccc(F)cc1. The first-order chi connectivity index (χ1) is 14.0. The minimum Gasteiger partial charge on any atom is -0.369 e. The second-order valence-corrected chi connectivity index (χ2v) is 7.13. The van der Waals surface area contributed by atoms with Gasteiger partial charge in [-0.3, -0.25) is 15.0 Å². The van der Waals surface area contributed by atoms with E-state index in [1.54, 1.807) is 24.3 Å². The maximum Gasteiger partial charge on any atom is 0.269 e. The molecule has 0 saturated carbocycles. The van der Waals surface area contributed by atoms with E-state index in [1.165, 1.54) is 24.3 Å². The van der Waals surface area contributed by atoms with E-state index in [9.17, 15) is 14.5 Å². The van der Waals surface area contributed by atoms with Gasteiger partial charge in [0, 0.05) is 61.7 Å². The number of anilines is 1. The third kappa shape index (κ3) is 4.12. The minimum absolute atomic E-state index is 0.103. The molecule has 8 heteroatoms. The van der Waals surface area contributed by atoms with Crippen LogP contribution >= 0.6 is 0 Å². The fourth-order valence-electron chi connectivity index (χ4n) is 3.55. The van der Waals surface area contributed by atoms with Crippen LogP contribution in [0.25, 0.3) is 11.3 Å². The van der Waals surface area contributed by atoms with Crippen LogP contribution in [0, 0.1) is 22.9 Å². The van der Waals surface area contributed by atoms with Crippen LogP contribution in [0.4, 0.5) is 15.8 Å². The van der Waals surface area contributed by atoms with Gasteiger partial charge in [-0.2, -0.15) is 0 Å². The van der Waals surface area contributed by atoms with Crippen LogP contribution in [0.2, 0.25) is 0 Å². The van der Waals surface area contributed by atoms with Crippen LogP contribution in [0.3, 0.4) is 0 Å². The number of hydrogen-bond donors (Lipinski definition) is 0. The smallest absolute Gasteiger partial charge is 0.269 e. The van der Waals surface area contributed by atoms with Crippen molar-refractivity contribution in [2.45, 2.75) is 13.5 Å². The van der Waals surface area contributed by atoms with E-state index >= 15 is 0 Å². The third-order valence-electron chi connectivity index (χ3n) is 5.30. The quantitative estimate of drug-likeness (QED) is 0.479. The number of nitrogens with zero attached hydrogens (tertiary/aromatic N) is 4. The van der Waals surface area contributed by atoms with Gasteiger partial charge in [-0.1, -0.05) is 5.16 Å². The molecule has 0 amide bonds. The molecule has 0 spiro atoms. The maximum absolute atomic E-state index is 13.1. The van der Waals surface area contributed by atoms with E-state index in [-0.39, 0.29) is 16.4 Å². The van der Waals surface area contributed by atoms with Crippen LogP contribution in [-0.2, 0) is 6.54 Å². The molecule has 150 valence electrons. The number of piperazine rings is 1. The summed E-state index contributed by atoms with van der Waals surface area (Å²) in [6.07, 6.45) is 0. The highest BCUT2D eigenvalue weighted by molar-refractivity contribution is 5.61. The van der Waals surface area contributed by atoms with Crippen molar-refractivity contribution in [1.82, 2.24) is 10.1 Å². The summed E-state index contributed by atoms with van der Waals surface area (Å²) < 4.78 is 18.7. The van der Waals surface area contributed by atoms with Crippen LogP contribution < -0.4 is 4.90 Å². The van der Waals surface area contributed by atoms with Gasteiger partial charge in [0.2, 0.25) is 0 Å². The maximum atomic E-state index is 13.1. The molecular weight excluding hydrogens is 375 g/mol. The Hall–Kier alpha value is -3.26. The van der Waals surface area contributed by atoms with Crippen LogP contribution in [0.15, 0.2) is 53.1 Å². The molecule has 0 aliphatic carbocycles. The van der Waals surface area contributed by atoms with Gasteiger partial charge in [0.15, 0.2) is 5.76 Å². The Morgan fingerprint density at radius 1 is 1.07 bits per heavy atom. The fourth-order valence-corrected chi connectivity index (χ4v) is 3.55. The molecule has 4 rings (SSSR count). The Morgan fingerprint density at radius 2 is 1.72 bits per heavy atom. The first-order valence-corrected chi connectivity index (χ1v) is 9.44. The monoisotopic (exact) mass is 396 g/mol. The summed E-state index contributed by atoms with van der Waals surface area (Å²) in [4.78, 5) is 14.9. The molecule has 1 aromatic heterocycles. The summed E-state index contributed by atoms with van der Waals surface area (Å²) in [5, 5.41) is 15.0. The van der Waals surface area contributed by atoms with Crippen molar-refractivity contribution in [3.63, 3.8) is 0 Å². The molecule has 0 atom stereocenters. The average molecular weight is 396 g/mol. The second-order valence-electron chi connectivity index (χ2n) is 7.13. The number of nitro groups is 1. The number of rotatable bonds is 5. The van der Waals surface area contributed by atoms with Gasteiger partial charge >= 0.3 is 0 Å². The summed E-state index contributed by atoms with van der Waals surface area (Å²) in [6.45, 7) is 6.03. The fraction of sp³-hybridized carbons (Fsp3) is 0.286. The first kappa shape index (κ1) is 19.1. The Bertz CT molecular complexity index is 994. The topological polar surface area (TPSA) is 75.7 Å². The Kier molecular flexibility index (Phi) is 5.26. The molecule has 1 saturated heterocycles. The van der Waals surface area contributed by atoms with Crippen LogP contribution in [0.1, 0.15) is 11.3 Å². The molecule has 7 nitrogen and oxygen atoms in total. The van der Waals surface area contributed by atoms with Crippen molar-refractivity contribution in [1.29, 1.82) is 0 Å². The lowest BCUT2D eigenvalue weighted by molar-refractivity contribution is -0.384. The molecule has 0 radical (unpaired) electrons. The molecule has 29 heavy (non-hydrogen) atoms. The summed E-state index contributed by atoms with van der Waals surface area (Å²) in [7, 11) is 0. The number of benzene rings is 2. The minimum atomic E-state index is -0.387. The Labute approximate surface area is 167 Å². The molecule has 3 aromatic rings. The lowest BCUT2D eigenvalue weighted by Crippen LogP contribution is -2.46. The van der Waals surface area contributed by atoms with Gasteiger partial charge in [0.1, 0.15) is 11.5 Å². The third-order valence-corrected chi connectivity index (χ3v) is 5.30. The van der Waals surface area contributed by atoms with Crippen molar-refractivity contribution in [3.8, 4) is 11.3 Å². The van der Waals surface area contributed by atoms with E-state index in [4.69, 9.17) is 4.52 Å². The second kappa shape index (κ2) is 8.00. The lowest BCUT2D eigenvalue weighted by Gasteiger charge is -2.35. The summed E-state index contributed by atoms with van der Waals surface area (Å²) >= 11 is 0. The zero-order chi connectivity index (χ0) is 20.4. The normalized spacial score (nSPS) is 14.9. The number of halogens is 1. The summed E-state index contributed by atoms with van der Waals surface area (Å²) in [5.74, 6) is 0.390. The van der Waals surface area contributed by atoms with E-state index in [1.807, 2.05) is 6.92 Å². The molecule has 1 aliphatic heterocycles. The zero-order valence-corrected chi connectivity index (χ0v) is 16.0. The van der Waals surface area contributed by atoms with Gasteiger partial charge in [-0.25, -0.2) is 4.39 Å². The largest absolute Gasteiger partial charge is 0.369 e. The summed E-state index contributed by atoms with van der Waals surface area (Å²) in [6, 6.07) is 12.9. The predicted octanol–water partition coefficient (Wildman–Crippen LogP) is 4.02. The highest BCUT2D eigenvalue weighted by atomic mass is 19.1. The average Bonchev–Trinajstić information content (AvgIpc) is 3.09. The van der Waals surface area contributed by atoms with Crippen molar-refractivity contribution >= 4 is 11.4 Å². The van der Waals surface area contributed by atoms with Crippen molar-refractivity contribution in [2.75, 3.05) is 31.1 Å². The standard InChI is InChI=1S/C21H21FN4O3/c1-15-20(23-29-21(15)16-2-4-17(22)5-3-16)14-24-10-12-25(13-11-24)18-6-8-19(9-7-18)26(27)28/h2-9H,10-14H2,1H3. The van der Waals surface area contributed by atoms with Gasteiger partial charge in [0.05, 0.1) is 4.92 Å². The lowest BCUT2D eigenvalue weighted by atomic mass is 10.1.